The summed E-state index contributed by atoms with van der Waals surface area (Å²) in [7, 11) is 3.46. The number of aromatic hydroxyl groups is 1. The Balaban J connectivity index is 1.40. The van der Waals surface area contributed by atoms with Crippen molar-refractivity contribution in [3.05, 3.63) is 59.2 Å². The van der Waals surface area contributed by atoms with Gasteiger partial charge in [0.25, 0.3) is 0 Å². The molecule has 5 nitrogen and oxygen atoms in total. The molecular weight excluding hydrogens is 438 g/mol. The van der Waals surface area contributed by atoms with E-state index in [9.17, 15) is 5.11 Å². The van der Waals surface area contributed by atoms with Crippen LogP contribution >= 0.6 is 0 Å². The Hall–Kier alpha value is -2.08. The number of phenols is 1. The van der Waals surface area contributed by atoms with Crippen LogP contribution in [0.5, 0.6) is 5.75 Å². The molecule has 1 saturated carbocycles. The number of nitrogens with zero attached hydrogens (tertiary/aromatic N) is 1. The summed E-state index contributed by atoms with van der Waals surface area (Å²) in [6.45, 7) is 4.94. The number of phenolic OH excluding ortho intramolecular Hbond substituents is 1. The lowest BCUT2D eigenvalue weighted by Gasteiger charge is -2.49. The van der Waals surface area contributed by atoms with E-state index in [0.29, 0.717) is 24.2 Å². The lowest BCUT2D eigenvalue weighted by Crippen LogP contribution is -2.47. The van der Waals surface area contributed by atoms with Gasteiger partial charge in [0.2, 0.25) is 0 Å². The van der Waals surface area contributed by atoms with Gasteiger partial charge in [-0.1, -0.05) is 37.5 Å². The van der Waals surface area contributed by atoms with Gasteiger partial charge in [0.1, 0.15) is 5.75 Å². The molecule has 3 aliphatic rings. The molecule has 190 valence electrons. The summed E-state index contributed by atoms with van der Waals surface area (Å²) in [6.07, 6.45) is 8.42. The van der Waals surface area contributed by atoms with Crippen LogP contribution < -0.4 is 4.90 Å². The third kappa shape index (κ3) is 4.83. The molecule has 2 aromatic carbocycles. The molecular formula is C30H41NO4. The van der Waals surface area contributed by atoms with Gasteiger partial charge in [0.05, 0.1) is 12.2 Å². The van der Waals surface area contributed by atoms with Gasteiger partial charge in [0, 0.05) is 44.8 Å². The maximum absolute atomic E-state index is 10.1. The van der Waals surface area contributed by atoms with Gasteiger partial charge in [-0.2, -0.15) is 0 Å². The van der Waals surface area contributed by atoms with Crippen LogP contribution in [0, 0.1) is 11.8 Å². The summed E-state index contributed by atoms with van der Waals surface area (Å²) >= 11 is 0. The second kappa shape index (κ2) is 10.5. The highest BCUT2D eigenvalue weighted by Gasteiger charge is 2.47. The van der Waals surface area contributed by atoms with E-state index in [2.05, 4.69) is 42.2 Å². The molecule has 0 amide bonds. The van der Waals surface area contributed by atoms with Crippen molar-refractivity contribution in [2.45, 2.75) is 76.3 Å². The van der Waals surface area contributed by atoms with E-state index in [1.54, 1.807) is 14.2 Å². The van der Waals surface area contributed by atoms with E-state index in [1.165, 1.54) is 48.9 Å². The van der Waals surface area contributed by atoms with Crippen molar-refractivity contribution in [1.82, 2.24) is 0 Å². The van der Waals surface area contributed by atoms with Crippen LogP contribution in [0.3, 0.4) is 0 Å². The molecule has 2 fully saturated rings. The fourth-order valence-corrected chi connectivity index (χ4v) is 6.95. The van der Waals surface area contributed by atoms with Gasteiger partial charge < -0.3 is 24.2 Å². The first-order valence-electron chi connectivity index (χ1n) is 13.4. The van der Waals surface area contributed by atoms with E-state index < -0.39 is 0 Å². The molecule has 1 saturated heterocycles. The summed E-state index contributed by atoms with van der Waals surface area (Å²) in [5.41, 5.74) is 4.77. The van der Waals surface area contributed by atoms with E-state index in [1.807, 2.05) is 12.1 Å². The number of anilines is 1. The molecule has 2 heterocycles. The molecule has 0 unspecified atom stereocenters. The summed E-state index contributed by atoms with van der Waals surface area (Å²) in [5, 5.41) is 10.1. The maximum Gasteiger partial charge on any atom is 0.159 e. The predicted molar refractivity (Wildman–Crippen MR) is 139 cm³/mol. The zero-order chi connectivity index (χ0) is 24.4. The molecule has 1 aliphatic carbocycles. The third-order valence-electron chi connectivity index (χ3n) is 8.95. The summed E-state index contributed by atoms with van der Waals surface area (Å²) in [6, 6.07) is 15.0. The van der Waals surface area contributed by atoms with Crippen LogP contribution in [0.2, 0.25) is 0 Å². The Bertz CT molecular complexity index is 974. The zero-order valence-corrected chi connectivity index (χ0v) is 21.5. The van der Waals surface area contributed by atoms with Gasteiger partial charge in [-0.15, -0.1) is 0 Å². The molecule has 1 N–H and O–H groups in total. The first kappa shape index (κ1) is 24.6. The number of piperidine rings is 1. The van der Waals surface area contributed by atoms with Crippen molar-refractivity contribution in [3.8, 4) is 5.75 Å². The average molecular weight is 480 g/mol. The van der Waals surface area contributed by atoms with E-state index >= 15 is 0 Å². The molecule has 0 radical (unpaired) electrons. The Morgan fingerprint density at radius 1 is 0.943 bits per heavy atom. The molecule has 35 heavy (non-hydrogen) atoms. The first-order chi connectivity index (χ1) is 17.0. The second-order valence-electron chi connectivity index (χ2n) is 10.9. The van der Waals surface area contributed by atoms with Gasteiger partial charge in [-0.3, -0.25) is 0 Å². The van der Waals surface area contributed by atoms with Gasteiger partial charge in [-0.05, 0) is 79.5 Å². The second-order valence-corrected chi connectivity index (χ2v) is 10.9. The summed E-state index contributed by atoms with van der Waals surface area (Å²) < 4.78 is 17.7. The van der Waals surface area contributed by atoms with Crippen molar-refractivity contribution < 1.29 is 19.3 Å². The molecule has 0 spiro atoms. The number of ether oxygens (including phenoxy) is 3. The lowest BCUT2D eigenvalue weighted by molar-refractivity contribution is -0.141. The van der Waals surface area contributed by atoms with Crippen molar-refractivity contribution in [1.29, 1.82) is 0 Å². The Morgan fingerprint density at radius 2 is 1.63 bits per heavy atom. The molecule has 5 heteroatoms. The normalized spacial score (nSPS) is 26.2. The summed E-state index contributed by atoms with van der Waals surface area (Å²) in [5.74, 6) is 1.48. The van der Waals surface area contributed by atoms with Crippen molar-refractivity contribution in [2.75, 3.05) is 32.2 Å². The molecule has 5 rings (SSSR count). The monoisotopic (exact) mass is 479 g/mol. The van der Waals surface area contributed by atoms with Crippen LogP contribution in [-0.4, -0.2) is 44.3 Å². The highest BCUT2D eigenvalue weighted by molar-refractivity contribution is 5.52. The quantitative estimate of drug-likeness (QED) is 0.498. The van der Waals surface area contributed by atoms with Gasteiger partial charge in [0.15, 0.2) is 6.29 Å². The Labute approximate surface area is 210 Å². The predicted octanol–water partition coefficient (Wildman–Crippen LogP) is 6.23. The molecule has 0 aromatic heterocycles. The first-order valence-corrected chi connectivity index (χ1v) is 13.4. The van der Waals surface area contributed by atoms with Gasteiger partial charge in [-0.25, -0.2) is 0 Å². The summed E-state index contributed by atoms with van der Waals surface area (Å²) in [4.78, 5) is 2.48. The van der Waals surface area contributed by atoms with Crippen LogP contribution in [0.25, 0.3) is 0 Å². The average Bonchev–Trinajstić information content (AvgIpc) is 2.91. The topological polar surface area (TPSA) is 51.2 Å². The SMILES string of the molecule is COC(OC)C1CCN(c2ccc([C@@H]3c4ccc(O)cc4CO[C@]3(C)C3CCCCC3)cc2)CC1. The van der Waals surface area contributed by atoms with E-state index in [-0.39, 0.29) is 17.8 Å². The number of hydrogen-bond acceptors (Lipinski definition) is 5. The Morgan fingerprint density at radius 3 is 2.29 bits per heavy atom. The number of benzene rings is 2. The fourth-order valence-electron chi connectivity index (χ4n) is 6.95. The standard InChI is InChI=1S/C30H41NO4/c1-30(24-7-5-4-6-8-24)28(27-14-13-26(32)19-23(27)20-35-30)21-9-11-25(12-10-21)31-17-15-22(16-18-31)29(33-2)34-3/h9-14,19,22,24,28-29,32H,4-8,15-18,20H2,1-3H3/t28-,30-/m1/s1. The number of methoxy groups -OCH3 is 2. The molecule has 0 bridgehead atoms. The van der Waals surface area contributed by atoms with Crippen molar-refractivity contribution >= 4 is 5.69 Å². The minimum absolute atomic E-state index is 0.109. The molecule has 2 atom stereocenters. The van der Waals surface area contributed by atoms with Crippen LogP contribution in [-0.2, 0) is 20.8 Å². The fraction of sp³-hybridized carbons (Fsp3) is 0.600. The number of hydrogen-bond donors (Lipinski definition) is 1. The zero-order valence-electron chi connectivity index (χ0n) is 21.5. The van der Waals surface area contributed by atoms with Crippen LogP contribution in [0.1, 0.15) is 74.5 Å². The largest absolute Gasteiger partial charge is 0.508 e. The maximum atomic E-state index is 10.1. The molecule has 2 aliphatic heterocycles. The Kier molecular flexibility index (Phi) is 7.38. The van der Waals surface area contributed by atoms with E-state index in [0.717, 1.165) is 31.5 Å². The highest BCUT2D eigenvalue weighted by Crippen LogP contribution is 2.51. The van der Waals surface area contributed by atoms with Crippen LogP contribution in [0.15, 0.2) is 42.5 Å². The lowest BCUT2D eigenvalue weighted by atomic mass is 9.65. The third-order valence-corrected chi connectivity index (χ3v) is 8.95. The minimum Gasteiger partial charge on any atom is -0.508 e. The smallest absolute Gasteiger partial charge is 0.159 e. The van der Waals surface area contributed by atoms with E-state index in [4.69, 9.17) is 14.2 Å². The van der Waals surface area contributed by atoms with Crippen molar-refractivity contribution in [2.24, 2.45) is 11.8 Å². The highest BCUT2D eigenvalue weighted by atomic mass is 16.7. The van der Waals surface area contributed by atoms with Crippen molar-refractivity contribution in [3.63, 3.8) is 0 Å². The number of rotatable bonds is 6. The number of fused-ring (bicyclic) bond motifs is 1. The minimum atomic E-state index is -0.237. The van der Waals surface area contributed by atoms with Crippen LogP contribution in [0.4, 0.5) is 5.69 Å². The van der Waals surface area contributed by atoms with Gasteiger partial charge >= 0.3 is 0 Å². The molecule has 2 aromatic rings.